The van der Waals surface area contributed by atoms with Gasteiger partial charge in [0, 0.05) is 38.3 Å². The second-order valence-electron chi connectivity index (χ2n) is 7.58. The van der Waals surface area contributed by atoms with Crippen LogP contribution in [0.3, 0.4) is 0 Å². The van der Waals surface area contributed by atoms with Crippen molar-refractivity contribution in [2.24, 2.45) is 0 Å². The van der Waals surface area contributed by atoms with Gasteiger partial charge in [0.1, 0.15) is 0 Å². The molecule has 1 aliphatic carbocycles. The summed E-state index contributed by atoms with van der Waals surface area (Å²) in [6, 6.07) is 10.6. The number of fused-ring (bicyclic) bond motifs is 1. The Kier molecular flexibility index (Phi) is 6.31. The van der Waals surface area contributed by atoms with Crippen LogP contribution in [0.25, 0.3) is 0 Å². The zero-order valence-electron chi connectivity index (χ0n) is 16.7. The second kappa shape index (κ2) is 8.95. The smallest absolute Gasteiger partial charge is 0.251 e. The van der Waals surface area contributed by atoms with Gasteiger partial charge in [0.15, 0.2) is 6.20 Å². The lowest BCUT2D eigenvalue weighted by Gasteiger charge is -2.34. The first-order valence-corrected chi connectivity index (χ1v) is 12.6. The first-order valence-electron chi connectivity index (χ1n) is 10.2. The first-order chi connectivity index (χ1) is 14.4. The Hall–Kier alpha value is -2.10. The highest BCUT2D eigenvalue weighted by atomic mass is 32.2. The van der Waals surface area contributed by atoms with E-state index < -0.39 is 10.0 Å². The van der Waals surface area contributed by atoms with Gasteiger partial charge in [-0.1, -0.05) is 6.07 Å². The third kappa shape index (κ3) is 4.48. The third-order valence-electron chi connectivity index (χ3n) is 5.68. The number of benzene rings is 1. The molecule has 4 rings (SSSR count). The lowest BCUT2D eigenvalue weighted by atomic mass is 9.92. The van der Waals surface area contributed by atoms with Crippen molar-refractivity contribution in [1.82, 2.24) is 9.21 Å². The summed E-state index contributed by atoms with van der Waals surface area (Å²) in [7, 11) is -3.56. The number of sulfonamides is 1. The Morgan fingerprint density at radius 1 is 1.03 bits per heavy atom. The highest BCUT2D eigenvalue weighted by molar-refractivity contribution is 7.99. The Bertz CT molecular complexity index is 1030. The van der Waals surface area contributed by atoms with E-state index in [1.54, 1.807) is 29.2 Å². The van der Waals surface area contributed by atoms with Crippen molar-refractivity contribution in [1.29, 1.82) is 0 Å². The molecule has 0 saturated carbocycles. The standard InChI is InChI=1S/C21H25N3O4S2/c25-20(16-29-21-7-3-4-10-24(21)26)22-11-13-23(14-12-22)30(27,28)19-9-8-17-5-1-2-6-18(17)15-19/h3-4,7-10,15H,1-2,5-6,11-14,16H2. The molecule has 0 radical (unpaired) electrons. The van der Waals surface area contributed by atoms with Gasteiger partial charge in [-0.25, -0.2) is 8.42 Å². The number of thioether (sulfide) groups is 1. The molecule has 2 heterocycles. The number of piperazine rings is 1. The number of carbonyl (C=O) groups is 1. The van der Waals surface area contributed by atoms with Crippen LogP contribution in [0.1, 0.15) is 24.0 Å². The van der Waals surface area contributed by atoms with Crippen molar-refractivity contribution in [3.63, 3.8) is 0 Å². The predicted octanol–water partition coefficient (Wildman–Crippen LogP) is 1.82. The van der Waals surface area contributed by atoms with E-state index in [-0.39, 0.29) is 24.7 Å². The van der Waals surface area contributed by atoms with Crippen LogP contribution in [-0.2, 0) is 27.7 Å². The zero-order chi connectivity index (χ0) is 21.1. The van der Waals surface area contributed by atoms with Crippen LogP contribution >= 0.6 is 11.8 Å². The van der Waals surface area contributed by atoms with Gasteiger partial charge in [0.2, 0.25) is 15.9 Å². The first kappa shape index (κ1) is 21.1. The van der Waals surface area contributed by atoms with Crippen LogP contribution in [-0.4, -0.2) is 55.5 Å². The van der Waals surface area contributed by atoms with Crippen molar-refractivity contribution in [2.75, 3.05) is 31.9 Å². The molecule has 1 aliphatic heterocycles. The van der Waals surface area contributed by atoms with Crippen LogP contribution in [0.2, 0.25) is 0 Å². The lowest BCUT2D eigenvalue weighted by molar-refractivity contribution is -0.645. The molecule has 2 aliphatic rings. The van der Waals surface area contributed by atoms with Crippen LogP contribution in [0.15, 0.2) is 52.5 Å². The number of nitrogens with zero attached hydrogens (tertiary/aromatic N) is 3. The fourth-order valence-electron chi connectivity index (χ4n) is 3.95. The summed E-state index contributed by atoms with van der Waals surface area (Å²) >= 11 is 1.19. The zero-order valence-corrected chi connectivity index (χ0v) is 18.3. The fraction of sp³-hybridized carbons (Fsp3) is 0.429. The summed E-state index contributed by atoms with van der Waals surface area (Å²) in [5, 5.41) is 12.2. The minimum atomic E-state index is -3.56. The van der Waals surface area contributed by atoms with Crippen molar-refractivity contribution < 1.29 is 17.9 Å². The van der Waals surface area contributed by atoms with E-state index in [0.29, 0.717) is 23.0 Å². The quantitative estimate of drug-likeness (QED) is 0.397. The number of aromatic nitrogens is 1. The number of hydrogen-bond acceptors (Lipinski definition) is 5. The molecule has 0 atom stereocenters. The molecule has 1 aromatic carbocycles. The van der Waals surface area contributed by atoms with E-state index in [2.05, 4.69) is 0 Å². The number of hydrogen-bond donors (Lipinski definition) is 0. The summed E-state index contributed by atoms with van der Waals surface area (Å²) in [5.41, 5.74) is 2.40. The molecule has 1 fully saturated rings. The third-order valence-corrected chi connectivity index (χ3v) is 8.58. The normalized spacial score (nSPS) is 17.5. The Balaban J connectivity index is 1.35. The van der Waals surface area contributed by atoms with Crippen molar-refractivity contribution in [3.8, 4) is 0 Å². The number of amides is 1. The predicted molar refractivity (Wildman–Crippen MR) is 115 cm³/mol. The van der Waals surface area contributed by atoms with Crippen molar-refractivity contribution >= 4 is 27.7 Å². The number of pyridine rings is 1. The van der Waals surface area contributed by atoms with Crippen LogP contribution in [0.5, 0.6) is 0 Å². The molecule has 7 nitrogen and oxygen atoms in total. The van der Waals surface area contributed by atoms with Crippen LogP contribution in [0.4, 0.5) is 0 Å². The molecule has 2 aromatic rings. The molecule has 0 spiro atoms. The van der Waals surface area contributed by atoms with Gasteiger partial charge in [-0.3, -0.25) is 4.79 Å². The summed E-state index contributed by atoms with van der Waals surface area (Å²) in [6.45, 7) is 1.27. The number of carbonyl (C=O) groups excluding carboxylic acids is 1. The minimum Gasteiger partial charge on any atom is -0.618 e. The molecular weight excluding hydrogens is 422 g/mol. The Labute approximate surface area is 181 Å². The molecule has 1 amide bonds. The largest absolute Gasteiger partial charge is 0.618 e. The topological polar surface area (TPSA) is 84.6 Å². The molecular formula is C21H25N3O4S2. The van der Waals surface area contributed by atoms with E-state index >= 15 is 0 Å². The van der Waals surface area contributed by atoms with Gasteiger partial charge in [0.25, 0.3) is 5.03 Å². The molecule has 9 heteroatoms. The number of rotatable bonds is 5. The molecule has 0 unspecified atom stereocenters. The SMILES string of the molecule is O=C(CSc1cccc[n+]1[O-])N1CCN(S(=O)(=O)c2ccc3c(c2)CCCC3)CC1. The van der Waals surface area contributed by atoms with Gasteiger partial charge >= 0.3 is 0 Å². The highest BCUT2D eigenvalue weighted by Crippen LogP contribution is 2.26. The maximum Gasteiger partial charge on any atom is 0.251 e. The second-order valence-corrected chi connectivity index (χ2v) is 10.5. The van der Waals surface area contributed by atoms with Crippen LogP contribution in [0, 0.1) is 5.21 Å². The average Bonchev–Trinajstić information content (AvgIpc) is 2.78. The maximum absolute atomic E-state index is 13.1. The molecule has 30 heavy (non-hydrogen) atoms. The molecule has 0 N–H and O–H groups in total. The molecule has 160 valence electrons. The lowest BCUT2D eigenvalue weighted by Crippen LogP contribution is -2.51. The van der Waals surface area contributed by atoms with E-state index in [0.717, 1.165) is 36.0 Å². The molecule has 1 aromatic heterocycles. The molecule has 1 saturated heterocycles. The van der Waals surface area contributed by atoms with Crippen molar-refractivity contribution in [2.45, 2.75) is 35.6 Å². The van der Waals surface area contributed by atoms with Crippen LogP contribution < -0.4 is 4.73 Å². The monoisotopic (exact) mass is 447 g/mol. The van der Waals surface area contributed by atoms with E-state index in [4.69, 9.17) is 0 Å². The summed E-state index contributed by atoms with van der Waals surface area (Å²) in [6.07, 6.45) is 5.61. The van der Waals surface area contributed by atoms with Crippen molar-refractivity contribution in [3.05, 3.63) is 58.9 Å². The fourth-order valence-corrected chi connectivity index (χ4v) is 6.24. The Morgan fingerprint density at radius 2 is 1.77 bits per heavy atom. The summed E-state index contributed by atoms with van der Waals surface area (Å²) < 4.78 is 28.4. The summed E-state index contributed by atoms with van der Waals surface area (Å²) in [5.74, 6) is 0.0683. The van der Waals surface area contributed by atoms with E-state index in [9.17, 15) is 18.4 Å². The van der Waals surface area contributed by atoms with E-state index in [1.165, 1.54) is 27.8 Å². The van der Waals surface area contributed by atoms with E-state index in [1.807, 2.05) is 12.1 Å². The number of aryl methyl sites for hydroxylation is 2. The average molecular weight is 448 g/mol. The summed E-state index contributed by atoms with van der Waals surface area (Å²) in [4.78, 5) is 14.5. The minimum absolute atomic E-state index is 0.0883. The Morgan fingerprint density at radius 3 is 2.50 bits per heavy atom. The van der Waals surface area contributed by atoms with Gasteiger partial charge < -0.3 is 10.1 Å². The maximum atomic E-state index is 13.1. The molecule has 0 bridgehead atoms. The van der Waals surface area contributed by atoms with Gasteiger partial charge in [-0.15, -0.1) is 0 Å². The van der Waals surface area contributed by atoms with Gasteiger partial charge in [0.05, 0.1) is 10.6 Å². The van der Waals surface area contributed by atoms with Gasteiger partial charge in [-0.05, 0) is 66.8 Å². The van der Waals surface area contributed by atoms with Gasteiger partial charge in [-0.2, -0.15) is 9.04 Å². The highest BCUT2D eigenvalue weighted by Gasteiger charge is 2.30.